The number of carbonyl (C=O) groups is 1. The van der Waals surface area contributed by atoms with Crippen LogP contribution < -0.4 is 11.2 Å². The second-order valence-corrected chi connectivity index (χ2v) is 2.88. The monoisotopic (exact) mass is 201 g/mol. The van der Waals surface area contributed by atoms with E-state index in [1.807, 2.05) is 0 Å². The Morgan fingerprint density at radius 2 is 2.31 bits per heavy atom. The Kier molecular flexibility index (Phi) is 2.57. The number of nitrogens with zero attached hydrogens (tertiary/aromatic N) is 1. The Balaban J connectivity index is 3.25. The number of aromatic nitrogens is 1. The molecule has 5 nitrogen and oxygen atoms in total. The molecule has 0 aliphatic heterocycles. The van der Waals surface area contributed by atoms with Crippen LogP contribution in [0.15, 0.2) is 12.1 Å². The SMILES string of the molecule is N=c1ccc(Cl)c(CC(N)=O)n1O. The van der Waals surface area contributed by atoms with Crippen LogP contribution >= 0.6 is 11.6 Å². The molecule has 4 N–H and O–H groups in total. The molecule has 13 heavy (non-hydrogen) atoms. The Morgan fingerprint density at radius 1 is 1.69 bits per heavy atom. The van der Waals surface area contributed by atoms with Gasteiger partial charge in [0.25, 0.3) is 0 Å². The van der Waals surface area contributed by atoms with E-state index in [9.17, 15) is 10.0 Å². The normalized spacial score (nSPS) is 9.92. The van der Waals surface area contributed by atoms with Gasteiger partial charge in [-0.05, 0) is 12.1 Å². The molecule has 0 spiro atoms. The fourth-order valence-electron chi connectivity index (χ4n) is 0.890. The summed E-state index contributed by atoms with van der Waals surface area (Å²) < 4.78 is 0.535. The van der Waals surface area contributed by atoms with Gasteiger partial charge in [-0.1, -0.05) is 11.6 Å². The van der Waals surface area contributed by atoms with Gasteiger partial charge in [-0.2, -0.15) is 4.73 Å². The largest absolute Gasteiger partial charge is 0.427 e. The molecule has 70 valence electrons. The van der Waals surface area contributed by atoms with Crippen LogP contribution in [-0.2, 0) is 11.2 Å². The third kappa shape index (κ3) is 2.00. The van der Waals surface area contributed by atoms with Crippen LogP contribution in [0.5, 0.6) is 0 Å². The molecule has 0 aliphatic rings. The van der Waals surface area contributed by atoms with Crippen molar-refractivity contribution in [3.8, 4) is 0 Å². The van der Waals surface area contributed by atoms with Crippen molar-refractivity contribution in [1.82, 2.24) is 4.73 Å². The molecule has 0 aliphatic carbocycles. The minimum atomic E-state index is -0.615. The van der Waals surface area contributed by atoms with E-state index in [0.29, 0.717) is 4.73 Å². The molecule has 1 aromatic heterocycles. The molecule has 1 heterocycles. The van der Waals surface area contributed by atoms with Crippen LogP contribution in [0.4, 0.5) is 0 Å². The van der Waals surface area contributed by atoms with Crippen LogP contribution in [0.1, 0.15) is 5.69 Å². The molecular formula is C7H8ClN3O2. The van der Waals surface area contributed by atoms with Gasteiger partial charge in [-0.25, -0.2) is 0 Å². The first-order valence-electron chi connectivity index (χ1n) is 3.45. The number of carbonyl (C=O) groups excluding carboxylic acids is 1. The minimum absolute atomic E-state index is 0.127. The maximum Gasteiger partial charge on any atom is 0.223 e. The van der Waals surface area contributed by atoms with Crippen LogP contribution in [0, 0.1) is 5.41 Å². The third-order valence-electron chi connectivity index (χ3n) is 1.49. The summed E-state index contributed by atoms with van der Waals surface area (Å²) in [6.07, 6.45) is -0.192. The highest BCUT2D eigenvalue weighted by molar-refractivity contribution is 6.31. The highest BCUT2D eigenvalue weighted by Crippen LogP contribution is 2.12. The predicted molar refractivity (Wildman–Crippen MR) is 45.4 cm³/mol. The van der Waals surface area contributed by atoms with Crippen LogP contribution in [-0.4, -0.2) is 15.8 Å². The summed E-state index contributed by atoms with van der Waals surface area (Å²) in [5.74, 6) is -0.615. The number of hydrogen-bond donors (Lipinski definition) is 3. The fraction of sp³-hybridized carbons (Fsp3) is 0.143. The van der Waals surface area contributed by atoms with Gasteiger partial charge in [0.05, 0.1) is 17.1 Å². The zero-order valence-corrected chi connectivity index (χ0v) is 7.38. The highest BCUT2D eigenvalue weighted by Gasteiger charge is 2.08. The molecule has 6 heteroatoms. The van der Waals surface area contributed by atoms with E-state index in [2.05, 4.69) is 0 Å². The number of nitrogens with two attached hydrogens (primary N) is 1. The second kappa shape index (κ2) is 3.49. The highest BCUT2D eigenvalue weighted by atomic mass is 35.5. The van der Waals surface area contributed by atoms with Crippen molar-refractivity contribution in [2.24, 2.45) is 5.73 Å². The molecule has 0 bridgehead atoms. The molecular weight excluding hydrogens is 194 g/mol. The summed E-state index contributed by atoms with van der Waals surface area (Å²) in [6, 6.07) is 2.74. The van der Waals surface area contributed by atoms with Gasteiger partial charge in [-0.3, -0.25) is 10.2 Å². The summed E-state index contributed by atoms with van der Waals surface area (Å²) in [4.78, 5) is 10.6. The van der Waals surface area contributed by atoms with E-state index in [1.54, 1.807) is 0 Å². The van der Waals surface area contributed by atoms with Gasteiger partial charge < -0.3 is 10.9 Å². The van der Waals surface area contributed by atoms with E-state index in [0.717, 1.165) is 0 Å². The Hall–Kier alpha value is -1.49. The lowest BCUT2D eigenvalue weighted by molar-refractivity contribution is -0.117. The fourth-order valence-corrected chi connectivity index (χ4v) is 1.10. The predicted octanol–water partition coefficient (Wildman–Crippen LogP) is -0.114. The van der Waals surface area contributed by atoms with E-state index < -0.39 is 5.91 Å². The Morgan fingerprint density at radius 3 is 2.85 bits per heavy atom. The Labute approximate surface area is 78.8 Å². The number of halogens is 1. The number of hydrogen-bond acceptors (Lipinski definition) is 3. The summed E-state index contributed by atoms with van der Waals surface area (Å²) >= 11 is 5.67. The quantitative estimate of drug-likeness (QED) is 0.583. The van der Waals surface area contributed by atoms with E-state index >= 15 is 0 Å². The van der Waals surface area contributed by atoms with Crippen molar-refractivity contribution in [3.05, 3.63) is 28.3 Å². The summed E-state index contributed by atoms with van der Waals surface area (Å²) in [5, 5.41) is 16.7. The van der Waals surface area contributed by atoms with Crippen LogP contribution in [0.3, 0.4) is 0 Å². The van der Waals surface area contributed by atoms with Crippen LogP contribution in [0.25, 0.3) is 0 Å². The van der Waals surface area contributed by atoms with Crippen molar-refractivity contribution in [1.29, 1.82) is 5.41 Å². The lowest BCUT2D eigenvalue weighted by atomic mass is 10.2. The maximum absolute atomic E-state index is 10.6. The van der Waals surface area contributed by atoms with Gasteiger partial charge in [-0.15, -0.1) is 0 Å². The topological polar surface area (TPSA) is 92.1 Å². The third-order valence-corrected chi connectivity index (χ3v) is 1.83. The van der Waals surface area contributed by atoms with Gasteiger partial charge in [0.15, 0.2) is 5.49 Å². The number of amides is 1. The number of pyridine rings is 1. The first kappa shape index (κ1) is 9.60. The van der Waals surface area contributed by atoms with Gasteiger partial charge >= 0.3 is 0 Å². The lowest BCUT2D eigenvalue weighted by Gasteiger charge is -2.06. The standard InChI is InChI=1S/C7H8ClN3O2/c8-4-1-2-6(9)11(13)5(4)3-7(10)12/h1-2,9,13H,3H2,(H2,10,12). The zero-order chi connectivity index (χ0) is 10.0. The molecule has 1 amide bonds. The summed E-state index contributed by atoms with van der Waals surface area (Å²) in [5.41, 5.74) is 4.90. The molecule has 0 fully saturated rings. The first-order chi connectivity index (χ1) is 6.02. The average Bonchev–Trinajstić information content (AvgIpc) is 2.05. The molecule has 0 saturated carbocycles. The van der Waals surface area contributed by atoms with Gasteiger partial charge in [0, 0.05) is 0 Å². The van der Waals surface area contributed by atoms with Crippen molar-refractivity contribution >= 4 is 17.5 Å². The smallest absolute Gasteiger partial charge is 0.223 e. The molecule has 0 aromatic carbocycles. The number of rotatable bonds is 2. The molecule has 1 aromatic rings. The van der Waals surface area contributed by atoms with E-state index in [1.165, 1.54) is 12.1 Å². The molecule has 1 rings (SSSR count). The molecule has 0 atom stereocenters. The van der Waals surface area contributed by atoms with Crippen LogP contribution in [0.2, 0.25) is 5.02 Å². The minimum Gasteiger partial charge on any atom is -0.427 e. The molecule has 0 unspecified atom stereocenters. The Bertz CT molecular complexity index is 399. The van der Waals surface area contributed by atoms with Crippen molar-refractivity contribution in [3.63, 3.8) is 0 Å². The number of primary amides is 1. The van der Waals surface area contributed by atoms with Crippen molar-refractivity contribution < 1.29 is 10.0 Å². The van der Waals surface area contributed by atoms with Gasteiger partial charge in [0.1, 0.15) is 0 Å². The molecule has 0 saturated heterocycles. The van der Waals surface area contributed by atoms with E-state index in [4.69, 9.17) is 22.7 Å². The summed E-state index contributed by atoms with van der Waals surface area (Å²) in [6.45, 7) is 0. The zero-order valence-electron chi connectivity index (χ0n) is 6.62. The second-order valence-electron chi connectivity index (χ2n) is 2.47. The summed E-state index contributed by atoms with van der Waals surface area (Å²) in [7, 11) is 0. The van der Waals surface area contributed by atoms with Crippen molar-refractivity contribution in [2.75, 3.05) is 0 Å². The lowest BCUT2D eigenvalue weighted by Crippen LogP contribution is -2.25. The van der Waals surface area contributed by atoms with Crippen molar-refractivity contribution in [2.45, 2.75) is 6.42 Å². The maximum atomic E-state index is 10.6. The number of nitrogens with one attached hydrogen (secondary N) is 1. The molecule has 0 radical (unpaired) electrons. The van der Waals surface area contributed by atoms with E-state index in [-0.39, 0.29) is 22.6 Å². The van der Waals surface area contributed by atoms with Gasteiger partial charge in [0.2, 0.25) is 5.91 Å². The first-order valence-corrected chi connectivity index (χ1v) is 3.82. The average molecular weight is 202 g/mol.